The molecule has 0 spiro atoms. The summed E-state index contributed by atoms with van der Waals surface area (Å²) >= 11 is 0. The third-order valence-electron chi connectivity index (χ3n) is 4.58. The minimum absolute atomic E-state index is 0.0891. The smallest absolute Gasteiger partial charge is 0.253 e. The molecule has 1 saturated heterocycles. The van der Waals surface area contributed by atoms with Crippen molar-refractivity contribution in [3.63, 3.8) is 0 Å². The summed E-state index contributed by atoms with van der Waals surface area (Å²) in [4.78, 5) is 38.3. The molecular weight excluding hydrogens is 356 g/mol. The molecule has 0 unspecified atom stereocenters. The SMILES string of the molecule is C[C@@H](NC(=O)c1ccccc1NC(=O)CN1CCNC(=O)C1)c1ccccc1. The highest BCUT2D eigenvalue weighted by atomic mass is 16.2. The van der Waals surface area contributed by atoms with Gasteiger partial charge in [-0.05, 0) is 24.6 Å². The lowest BCUT2D eigenvalue weighted by molar-refractivity contribution is -0.125. The van der Waals surface area contributed by atoms with E-state index in [2.05, 4.69) is 16.0 Å². The second-order valence-corrected chi connectivity index (χ2v) is 6.76. The van der Waals surface area contributed by atoms with Crippen molar-refractivity contribution in [1.82, 2.24) is 15.5 Å². The molecule has 0 bridgehead atoms. The van der Waals surface area contributed by atoms with Crippen LogP contribution in [0.1, 0.15) is 28.9 Å². The number of hydrogen-bond donors (Lipinski definition) is 3. The van der Waals surface area contributed by atoms with Gasteiger partial charge in [0.25, 0.3) is 5.91 Å². The summed E-state index contributed by atoms with van der Waals surface area (Å²) in [6, 6.07) is 16.4. The normalized spacial score (nSPS) is 15.4. The Morgan fingerprint density at radius 1 is 1.11 bits per heavy atom. The molecule has 7 heteroatoms. The number of carbonyl (C=O) groups excluding carboxylic acids is 3. The summed E-state index contributed by atoms with van der Waals surface area (Å²) in [6.45, 7) is 3.36. The van der Waals surface area contributed by atoms with Crippen LogP contribution < -0.4 is 16.0 Å². The average molecular weight is 380 g/mol. The van der Waals surface area contributed by atoms with Crippen molar-refractivity contribution in [2.24, 2.45) is 0 Å². The van der Waals surface area contributed by atoms with Gasteiger partial charge in [-0.1, -0.05) is 42.5 Å². The van der Waals surface area contributed by atoms with Gasteiger partial charge in [-0.15, -0.1) is 0 Å². The van der Waals surface area contributed by atoms with E-state index in [0.717, 1.165) is 5.56 Å². The quantitative estimate of drug-likeness (QED) is 0.709. The Morgan fingerprint density at radius 3 is 2.57 bits per heavy atom. The molecule has 3 amide bonds. The summed E-state index contributed by atoms with van der Waals surface area (Å²) in [5.41, 5.74) is 1.85. The number of carbonyl (C=O) groups is 3. The summed E-state index contributed by atoms with van der Waals surface area (Å²) in [6.07, 6.45) is 0. The van der Waals surface area contributed by atoms with E-state index >= 15 is 0 Å². The predicted molar refractivity (Wildman–Crippen MR) is 107 cm³/mol. The first-order valence-corrected chi connectivity index (χ1v) is 9.26. The lowest BCUT2D eigenvalue weighted by atomic mass is 10.1. The zero-order valence-corrected chi connectivity index (χ0v) is 15.8. The predicted octanol–water partition coefficient (Wildman–Crippen LogP) is 1.55. The summed E-state index contributed by atoms with van der Waals surface area (Å²) in [7, 11) is 0. The van der Waals surface area contributed by atoms with Crippen molar-refractivity contribution in [2.45, 2.75) is 13.0 Å². The number of nitrogens with zero attached hydrogens (tertiary/aromatic N) is 1. The summed E-state index contributed by atoms with van der Waals surface area (Å²) in [5, 5.41) is 8.48. The monoisotopic (exact) mass is 380 g/mol. The lowest BCUT2D eigenvalue weighted by Gasteiger charge is -2.25. The van der Waals surface area contributed by atoms with Gasteiger partial charge in [-0.2, -0.15) is 0 Å². The molecular formula is C21H24N4O3. The maximum Gasteiger partial charge on any atom is 0.253 e. The molecule has 2 aromatic rings. The molecule has 1 atom stereocenters. The number of rotatable bonds is 6. The van der Waals surface area contributed by atoms with Crippen LogP contribution >= 0.6 is 0 Å². The molecule has 0 saturated carbocycles. The van der Waals surface area contributed by atoms with Crippen molar-refractivity contribution in [3.8, 4) is 0 Å². The van der Waals surface area contributed by atoms with Crippen LogP contribution in [0.25, 0.3) is 0 Å². The minimum Gasteiger partial charge on any atom is -0.354 e. The van der Waals surface area contributed by atoms with E-state index in [1.165, 1.54) is 0 Å². The molecule has 146 valence electrons. The van der Waals surface area contributed by atoms with Crippen molar-refractivity contribution in [1.29, 1.82) is 0 Å². The summed E-state index contributed by atoms with van der Waals surface area (Å²) < 4.78 is 0. The van der Waals surface area contributed by atoms with Crippen LogP contribution in [0.4, 0.5) is 5.69 Å². The van der Waals surface area contributed by atoms with Crippen LogP contribution in [-0.2, 0) is 9.59 Å². The van der Waals surface area contributed by atoms with Crippen molar-refractivity contribution in [2.75, 3.05) is 31.5 Å². The van der Waals surface area contributed by atoms with Gasteiger partial charge >= 0.3 is 0 Å². The van der Waals surface area contributed by atoms with Gasteiger partial charge in [0.05, 0.1) is 30.4 Å². The van der Waals surface area contributed by atoms with E-state index < -0.39 is 0 Å². The Balaban J connectivity index is 1.64. The fourth-order valence-corrected chi connectivity index (χ4v) is 3.11. The first-order chi connectivity index (χ1) is 13.5. The van der Waals surface area contributed by atoms with Gasteiger partial charge in [0.2, 0.25) is 11.8 Å². The first kappa shape index (κ1) is 19.6. The Kier molecular flexibility index (Phi) is 6.39. The van der Waals surface area contributed by atoms with E-state index in [9.17, 15) is 14.4 Å². The second-order valence-electron chi connectivity index (χ2n) is 6.76. The molecule has 1 fully saturated rings. The fraction of sp³-hybridized carbons (Fsp3) is 0.286. The van der Waals surface area contributed by atoms with E-state index in [0.29, 0.717) is 24.3 Å². The van der Waals surface area contributed by atoms with Crippen molar-refractivity contribution < 1.29 is 14.4 Å². The maximum absolute atomic E-state index is 12.7. The van der Waals surface area contributed by atoms with Gasteiger partial charge in [0, 0.05) is 13.1 Å². The molecule has 7 nitrogen and oxygen atoms in total. The third-order valence-corrected chi connectivity index (χ3v) is 4.58. The van der Waals surface area contributed by atoms with Crippen molar-refractivity contribution in [3.05, 3.63) is 65.7 Å². The number of benzene rings is 2. The summed E-state index contributed by atoms with van der Waals surface area (Å²) in [5.74, 6) is -0.607. The standard InChI is InChI=1S/C21H24N4O3/c1-15(16-7-3-2-4-8-16)23-21(28)17-9-5-6-10-18(17)24-20(27)14-25-12-11-22-19(26)13-25/h2-10,15H,11-14H2,1H3,(H,22,26)(H,23,28)(H,24,27)/t15-/m1/s1. The molecule has 1 aliphatic heterocycles. The molecule has 2 aromatic carbocycles. The number of amides is 3. The largest absolute Gasteiger partial charge is 0.354 e. The molecule has 0 aliphatic carbocycles. The van der Waals surface area contributed by atoms with E-state index in [4.69, 9.17) is 0 Å². The number of hydrogen-bond acceptors (Lipinski definition) is 4. The van der Waals surface area contributed by atoms with Crippen molar-refractivity contribution >= 4 is 23.4 Å². The Bertz CT molecular complexity index is 854. The van der Waals surface area contributed by atoms with E-state index in [-0.39, 0.29) is 36.9 Å². The third kappa shape index (κ3) is 5.17. The zero-order chi connectivity index (χ0) is 19.9. The number of anilines is 1. The lowest BCUT2D eigenvalue weighted by Crippen LogP contribution is -2.49. The van der Waals surface area contributed by atoms with Crippen LogP contribution in [0.5, 0.6) is 0 Å². The maximum atomic E-state index is 12.7. The Hall–Kier alpha value is -3.19. The average Bonchev–Trinajstić information content (AvgIpc) is 2.69. The molecule has 0 radical (unpaired) electrons. The van der Waals surface area contributed by atoms with Crippen LogP contribution in [0.3, 0.4) is 0 Å². The number of piperazine rings is 1. The fourth-order valence-electron chi connectivity index (χ4n) is 3.11. The van der Waals surface area contributed by atoms with Gasteiger partial charge in [0.15, 0.2) is 0 Å². The molecule has 0 aromatic heterocycles. The highest BCUT2D eigenvalue weighted by molar-refractivity contribution is 6.04. The van der Waals surface area contributed by atoms with E-state index in [1.807, 2.05) is 37.3 Å². The van der Waals surface area contributed by atoms with Gasteiger partial charge in [0.1, 0.15) is 0 Å². The van der Waals surface area contributed by atoms with Crippen LogP contribution in [-0.4, -0.2) is 48.8 Å². The first-order valence-electron chi connectivity index (χ1n) is 9.26. The topological polar surface area (TPSA) is 90.5 Å². The van der Waals surface area contributed by atoms with Crippen LogP contribution in [0.2, 0.25) is 0 Å². The highest BCUT2D eigenvalue weighted by Crippen LogP contribution is 2.18. The van der Waals surface area contributed by atoms with Crippen LogP contribution in [0, 0.1) is 0 Å². The zero-order valence-electron chi connectivity index (χ0n) is 15.8. The minimum atomic E-state index is -0.260. The van der Waals surface area contributed by atoms with E-state index in [1.54, 1.807) is 29.2 Å². The Labute approximate surface area is 164 Å². The Morgan fingerprint density at radius 2 is 1.82 bits per heavy atom. The molecule has 3 rings (SSSR count). The number of nitrogens with one attached hydrogen (secondary N) is 3. The van der Waals surface area contributed by atoms with Crippen LogP contribution in [0.15, 0.2) is 54.6 Å². The van der Waals surface area contributed by atoms with Gasteiger partial charge in [-0.3, -0.25) is 19.3 Å². The van der Waals surface area contributed by atoms with Gasteiger partial charge < -0.3 is 16.0 Å². The highest BCUT2D eigenvalue weighted by Gasteiger charge is 2.20. The molecule has 28 heavy (non-hydrogen) atoms. The van der Waals surface area contributed by atoms with Gasteiger partial charge in [-0.25, -0.2) is 0 Å². The second kappa shape index (κ2) is 9.14. The number of para-hydroxylation sites is 1. The molecule has 1 heterocycles. The molecule has 1 aliphatic rings. The molecule has 3 N–H and O–H groups in total.